The first kappa shape index (κ1) is 24.9. The van der Waals surface area contributed by atoms with E-state index in [1.165, 1.54) is 4.90 Å². The number of Topliss-reactive ketones (excluding diaryl/α,β-unsaturated/α-hetero) is 1. The summed E-state index contributed by atoms with van der Waals surface area (Å²) in [5.74, 6) is -0.700. The fraction of sp³-hybridized carbons (Fsp3) is 0.267. The lowest BCUT2D eigenvalue weighted by molar-refractivity contribution is -0.132. The highest BCUT2D eigenvalue weighted by Gasteiger charge is 2.47. The van der Waals surface area contributed by atoms with Gasteiger partial charge in [0.1, 0.15) is 19.0 Å². The van der Waals surface area contributed by atoms with E-state index in [9.17, 15) is 14.7 Å². The molecule has 0 bridgehead atoms. The Balaban J connectivity index is 1.70. The molecule has 7 heteroatoms. The Morgan fingerprint density at radius 3 is 2.27 bits per heavy atom. The summed E-state index contributed by atoms with van der Waals surface area (Å²) in [7, 11) is 0. The van der Waals surface area contributed by atoms with Crippen molar-refractivity contribution < 1.29 is 24.2 Å². The minimum atomic E-state index is -0.831. The lowest BCUT2D eigenvalue weighted by Crippen LogP contribution is -2.30. The smallest absolute Gasteiger partial charge is 0.300 e. The number of hydrogen-bond donors (Lipinski definition) is 1. The zero-order valence-corrected chi connectivity index (χ0v) is 21.9. The molecule has 1 unspecified atom stereocenters. The maximum Gasteiger partial charge on any atom is 0.300 e. The molecule has 3 aromatic rings. The third-order valence-electron chi connectivity index (χ3n) is 6.77. The van der Waals surface area contributed by atoms with Gasteiger partial charge < -0.3 is 14.6 Å². The summed E-state index contributed by atoms with van der Waals surface area (Å²) in [6, 6.07) is 17.1. The van der Waals surface area contributed by atoms with E-state index in [0.29, 0.717) is 46.5 Å². The van der Waals surface area contributed by atoms with Crippen molar-refractivity contribution in [1.29, 1.82) is 0 Å². The van der Waals surface area contributed by atoms with Gasteiger partial charge in [0.25, 0.3) is 11.7 Å². The zero-order valence-electron chi connectivity index (χ0n) is 21.2. The molecule has 1 atom stereocenters. The summed E-state index contributed by atoms with van der Waals surface area (Å²) in [6.45, 7) is 9.01. The molecule has 2 aliphatic heterocycles. The number of amides is 1. The van der Waals surface area contributed by atoms with Crippen molar-refractivity contribution in [2.24, 2.45) is 0 Å². The Bertz CT molecular complexity index is 1440. The molecule has 3 aromatic carbocycles. The molecule has 1 fully saturated rings. The molecule has 0 saturated carbocycles. The molecule has 0 aliphatic carbocycles. The number of halogens is 1. The van der Waals surface area contributed by atoms with Crippen LogP contribution in [-0.4, -0.2) is 30.0 Å². The largest absolute Gasteiger partial charge is 0.507 e. The topological polar surface area (TPSA) is 76.1 Å². The second kappa shape index (κ2) is 9.27. The minimum Gasteiger partial charge on any atom is -0.507 e. The molecule has 0 radical (unpaired) electrons. The summed E-state index contributed by atoms with van der Waals surface area (Å²) in [5, 5.41) is 12.0. The number of ether oxygens (including phenoxy) is 2. The van der Waals surface area contributed by atoms with Crippen molar-refractivity contribution in [1.82, 2.24) is 0 Å². The van der Waals surface area contributed by atoms with Crippen LogP contribution < -0.4 is 14.4 Å². The van der Waals surface area contributed by atoms with Crippen molar-refractivity contribution in [2.75, 3.05) is 18.1 Å². The number of fused-ring (bicyclic) bond motifs is 1. The molecule has 1 saturated heterocycles. The first-order chi connectivity index (χ1) is 17.6. The standard InChI is InChI=1S/C30H28ClNO5/c1-17-15-21(31)10-11-22(17)32-26(18-5-8-20(9-6-18)30(2,3)4)25(28(34)29(32)35)27(33)19-7-12-23-24(16-19)37-14-13-36-23/h5-12,15-16,26,33H,13-14H2,1-4H3/b27-25-. The molecule has 5 rings (SSSR count). The molecule has 2 aliphatic rings. The average Bonchev–Trinajstić information content (AvgIpc) is 3.13. The average molecular weight is 518 g/mol. The van der Waals surface area contributed by atoms with E-state index in [-0.39, 0.29) is 16.7 Å². The second-order valence-electron chi connectivity index (χ2n) is 10.3. The summed E-state index contributed by atoms with van der Waals surface area (Å²) in [4.78, 5) is 28.4. The van der Waals surface area contributed by atoms with Gasteiger partial charge in [0.2, 0.25) is 0 Å². The van der Waals surface area contributed by atoms with Crippen LogP contribution in [0.1, 0.15) is 49.1 Å². The third kappa shape index (κ3) is 4.46. The van der Waals surface area contributed by atoms with E-state index in [4.69, 9.17) is 21.1 Å². The Kier molecular flexibility index (Phi) is 6.24. The zero-order chi connectivity index (χ0) is 26.5. The summed E-state index contributed by atoms with van der Waals surface area (Å²) in [6.07, 6.45) is 0. The first-order valence-electron chi connectivity index (χ1n) is 12.1. The van der Waals surface area contributed by atoms with Crippen LogP contribution in [0.4, 0.5) is 5.69 Å². The van der Waals surface area contributed by atoms with Crippen molar-refractivity contribution in [3.8, 4) is 11.5 Å². The fourth-order valence-corrected chi connectivity index (χ4v) is 5.02. The van der Waals surface area contributed by atoms with Crippen LogP contribution in [0.2, 0.25) is 5.02 Å². The van der Waals surface area contributed by atoms with Crippen LogP contribution >= 0.6 is 11.6 Å². The lowest BCUT2D eigenvalue weighted by atomic mass is 9.85. The van der Waals surface area contributed by atoms with Gasteiger partial charge in [-0.15, -0.1) is 0 Å². The maximum atomic E-state index is 13.5. The Labute approximate surface area is 221 Å². The Morgan fingerprint density at radius 2 is 1.62 bits per heavy atom. The van der Waals surface area contributed by atoms with Gasteiger partial charge in [0.05, 0.1) is 11.6 Å². The number of aryl methyl sites for hydroxylation is 1. The van der Waals surface area contributed by atoms with Gasteiger partial charge in [-0.05, 0) is 65.4 Å². The van der Waals surface area contributed by atoms with Crippen LogP contribution in [-0.2, 0) is 15.0 Å². The normalized spacial score (nSPS) is 18.8. The fourth-order valence-electron chi connectivity index (χ4n) is 4.80. The highest BCUT2D eigenvalue weighted by molar-refractivity contribution is 6.51. The molecular weight excluding hydrogens is 490 g/mol. The van der Waals surface area contributed by atoms with Crippen molar-refractivity contribution in [3.05, 3.63) is 93.5 Å². The molecule has 37 heavy (non-hydrogen) atoms. The molecule has 0 aromatic heterocycles. The summed E-state index contributed by atoms with van der Waals surface area (Å²) in [5.41, 5.74) is 3.43. The van der Waals surface area contributed by atoms with Gasteiger partial charge in [0, 0.05) is 16.3 Å². The first-order valence-corrected chi connectivity index (χ1v) is 12.5. The minimum absolute atomic E-state index is 0.0135. The number of aliphatic hydroxyl groups is 1. The number of nitrogens with zero attached hydrogens (tertiary/aromatic N) is 1. The van der Waals surface area contributed by atoms with Crippen LogP contribution in [0.15, 0.2) is 66.2 Å². The molecule has 2 heterocycles. The maximum absolute atomic E-state index is 13.5. The third-order valence-corrected chi connectivity index (χ3v) is 7.01. The predicted octanol–water partition coefficient (Wildman–Crippen LogP) is 6.34. The monoisotopic (exact) mass is 517 g/mol. The Morgan fingerprint density at radius 1 is 0.946 bits per heavy atom. The number of anilines is 1. The summed E-state index contributed by atoms with van der Waals surface area (Å²) < 4.78 is 11.3. The van der Waals surface area contributed by atoms with Crippen molar-refractivity contribution >= 4 is 34.7 Å². The highest BCUT2D eigenvalue weighted by atomic mass is 35.5. The lowest BCUT2D eigenvalue weighted by Gasteiger charge is -2.28. The predicted molar refractivity (Wildman–Crippen MR) is 144 cm³/mol. The second-order valence-corrected chi connectivity index (χ2v) is 10.8. The van der Waals surface area contributed by atoms with E-state index < -0.39 is 17.7 Å². The molecule has 6 nitrogen and oxygen atoms in total. The summed E-state index contributed by atoms with van der Waals surface area (Å²) >= 11 is 6.18. The van der Waals surface area contributed by atoms with E-state index in [0.717, 1.165) is 11.1 Å². The molecular formula is C30H28ClNO5. The van der Waals surface area contributed by atoms with Gasteiger partial charge in [-0.1, -0.05) is 56.6 Å². The molecule has 0 spiro atoms. The van der Waals surface area contributed by atoms with E-state index >= 15 is 0 Å². The van der Waals surface area contributed by atoms with Gasteiger partial charge in [-0.25, -0.2) is 0 Å². The number of aliphatic hydroxyl groups excluding tert-OH is 1. The van der Waals surface area contributed by atoms with Gasteiger partial charge in [-0.2, -0.15) is 0 Å². The number of carbonyl (C=O) groups excluding carboxylic acids is 2. The number of ketones is 1. The number of benzene rings is 3. The molecule has 190 valence electrons. The van der Waals surface area contributed by atoms with Crippen LogP contribution in [0.25, 0.3) is 5.76 Å². The van der Waals surface area contributed by atoms with E-state index in [1.807, 2.05) is 31.2 Å². The van der Waals surface area contributed by atoms with Crippen molar-refractivity contribution in [2.45, 2.75) is 39.2 Å². The van der Waals surface area contributed by atoms with Gasteiger partial charge >= 0.3 is 0 Å². The number of hydrogen-bond acceptors (Lipinski definition) is 5. The number of rotatable bonds is 3. The quantitative estimate of drug-likeness (QED) is 0.249. The van der Waals surface area contributed by atoms with Gasteiger partial charge in [0.15, 0.2) is 11.5 Å². The van der Waals surface area contributed by atoms with E-state index in [1.54, 1.807) is 36.4 Å². The Hall–Kier alpha value is -3.77. The highest BCUT2D eigenvalue weighted by Crippen LogP contribution is 2.44. The van der Waals surface area contributed by atoms with Gasteiger partial charge in [-0.3, -0.25) is 14.5 Å². The van der Waals surface area contributed by atoms with Crippen LogP contribution in [0, 0.1) is 6.92 Å². The molecule has 1 amide bonds. The van der Waals surface area contributed by atoms with Crippen LogP contribution in [0.5, 0.6) is 11.5 Å². The van der Waals surface area contributed by atoms with E-state index in [2.05, 4.69) is 20.8 Å². The molecule has 1 N–H and O–H groups in total. The van der Waals surface area contributed by atoms with Crippen molar-refractivity contribution in [3.63, 3.8) is 0 Å². The number of carbonyl (C=O) groups is 2. The van der Waals surface area contributed by atoms with Crippen LogP contribution in [0.3, 0.4) is 0 Å². The SMILES string of the molecule is Cc1cc(Cl)ccc1N1C(=O)C(=O)/C(=C(\O)c2ccc3c(c2)OCCO3)C1c1ccc(C(C)(C)C)cc1.